The molecule has 0 amide bonds. The van der Waals surface area contributed by atoms with Crippen LogP contribution in [-0.2, 0) is 17.7 Å². The number of hydrogen-bond acceptors (Lipinski definition) is 4. The molecule has 0 aromatic heterocycles. The highest BCUT2D eigenvalue weighted by Crippen LogP contribution is 2.25. The van der Waals surface area contributed by atoms with Crippen molar-refractivity contribution in [2.45, 2.75) is 71.1 Å². The van der Waals surface area contributed by atoms with E-state index >= 15 is 0 Å². The van der Waals surface area contributed by atoms with Gasteiger partial charge in [-0.3, -0.25) is 0 Å². The first-order valence-electron chi connectivity index (χ1n) is 9.87. The van der Waals surface area contributed by atoms with Gasteiger partial charge in [-0.2, -0.15) is 0 Å². The molecule has 0 bridgehead atoms. The van der Waals surface area contributed by atoms with Crippen molar-refractivity contribution in [2.75, 3.05) is 26.4 Å². The number of hydrogen-bond donors (Lipinski definition) is 0. The number of allylic oxidation sites excluding steroid dienone is 2. The van der Waals surface area contributed by atoms with Gasteiger partial charge in [-0.15, -0.1) is 0 Å². The van der Waals surface area contributed by atoms with Gasteiger partial charge in [-0.05, 0) is 51.4 Å². The van der Waals surface area contributed by atoms with Crippen LogP contribution in [0.25, 0.3) is 0 Å². The molecule has 0 rings (SSSR count). The molecule has 0 spiro atoms. The molecule has 0 saturated heterocycles. The zero-order chi connectivity index (χ0) is 20.1. The third kappa shape index (κ3) is 15.1. The van der Waals surface area contributed by atoms with Crippen molar-refractivity contribution in [2.24, 2.45) is 0 Å². The average molecular weight is 419 g/mol. The lowest BCUT2D eigenvalue weighted by molar-refractivity contribution is 0.0634. The molecule has 0 aliphatic heterocycles. The Bertz CT molecular complexity index is 410. The van der Waals surface area contributed by atoms with E-state index in [1.54, 1.807) is 6.08 Å². The van der Waals surface area contributed by atoms with Crippen molar-refractivity contribution in [3.8, 4) is 0 Å². The topological polar surface area (TPSA) is 36.9 Å². The fourth-order valence-corrected chi connectivity index (χ4v) is 16.7. The Morgan fingerprint density at radius 1 is 0.808 bits per heavy atom. The predicted molar refractivity (Wildman–Crippen MR) is 120 cm³/mol. The monoisotopic (exact) mass is 418 g/mol. The Kier molecular flexibility index (Phi) is 13.2. The Hall–Kier alpha value is -0.0294. The molecule has 0 unspecified atom stereocenters. The third-order valence-electron chi connectivity index (χ3n) is 3.88. The molecule has 26 heavy (non-hydrogen) atoms. The van der Waals surface area contributed by atoms with E-state index in [9.17, 15) is 0 Å². The summed E-state index contributed by atoms with van der Waals surface area (Å²) in [5.74, 6) is 0. The Labute approximate surface area is 165 Å². The summed E-state index contributed by atoms with van der Waals surface area (Å²) in [6.07, 6.45) is 8.05. The van der Waals surface area contributed by atoms with E-state index in [1.165, 1.54) is 18.9 Å². The highest BCUT2D eigenvalue weighted by atomic mass is 28.5. The fourth-order valence-electron chi connectivity index (χ4n) is 2.90. The van der Waals surface area contributed by atoms with Gasteiger partial charge in [0.25, 0.3) is 0 Å². The van der Waals surface area contributed by atoms with Crippen molar-refractivity contribution in [1.29, 1.82) is 0 Å². The van der Waals surface area contributed by atoms with Crippen LogP contribution in [-0.4, -0.2) is 51.6 Å². The van der Waals surface area contributed by atoms with Crippen molar-refractivity contribution in [3.63, 3.8) is 0 Å². The third-order valence-corrected chi connectivity index (χ3v) is 15.2. The van der Waals surface area contributed by atoms with Crippen LogP contribution in [0.4, 0.5) is 0 Å². The zero-order valence-electron chi connectivity index (χ0n) is 18.2. The molecule has 0 fully saturated rings. The summed E-state index contributed by atoms with van der Waals surface area (Å²) in [6.45, 7) is 22.0. The first-order chi connectivity index (χ1) is 12.0. The second-order valence-electron chi connectivity index (χ2n) is 8.33. The van der Waals surface area contributed by atoms with Gasteiger partial charge < -0.3 is 17.7 Å². The molecule has 7 heteroatoms. The van der Waals surface area contributed by atoms with Crippen molar-refractivity contribution in [3.05, 3.63) is 24.8 Å². The van der Waals surface area contributed by atoms with E-state index in [-0.39, 0.29) is 0 Å². The van der Waals surface area contributed by atoms with Crippen LogP contribution in [0.2, 0.25) is 51.4 Å². The van der Waals surface area contributed by atoms with E-state index in [0.717, 1.165) is 12.7 Å². The van der Waals surface area contributed by atoms with Crippen LogP contribution in [0, 0.1) is 0 Å². The molecule has 0 aliphatic carbocycles. The molecule has 0 atom stereocenters. The van der Waals surface area contributed by atoms with Crippen molar-refractivity contribution < 1.29 is 17.7 Å². The van der Waals surface area contributed by atoms with E-state index in [4.69, 9.17) is 17.7 Å². The van der Waals surface area contributed by atoms with E-state index < -0.39 is 25.2 Å². The number of unbranched alkanes of at least 4 members (excludes halogenated alkanes) is 1. The van der Waals surface area contributed by atoms with Gasteiger partial charge in [0, 0.05) is 6.61 Å². The highest BCUT2D eigenvalue weighted by Gasteiger charge is 2.39. The summed E-state index contributed by atoms with van der Waals surface area (Å²) in [6, 6.07) is 2.20. The summed E-state index contributed by atoms with van der Waals surface area (Å²) in [5, 5.41) is 0. The molecule has 0 aromatic carbocycles. The summed E-state index contributed by atoms with van der Waals surface area (Å²) < 4.78 is 24.3. The van der Waals surface area contributed by atoms with Gasteiger partial charge in [0.2, 0.25) is 0 Å². The standard InChI is InChI=1S/C19H42O4Si3/c1-9-11-13-14-20-15-16-21-17-19-25(5,6)23-26(7,8)22-24(3,4)18-12-10-2/h9,11,13H,1,10,12,14-19H2,2-8H3. The van der Waals surface area contributed by atoms with Crippen LogP contribution in [0.3, 0.4) is 0 Å². The maximum Gasteiger partial charge on any atom is 0.311 e. The van der Waals surface area contributed by atoms with Gasteiger partial charge in [0.05, 0.1) is 19.8 Å². The second kappa shape index (κ2) is 13.2. The van der Waals surface area contributed by atoms with Crippen LogP contribution in [0.1, 0.15) is 19.8 Å². The summed E-state index contributed by atoms with van der Waals surface area (Å²) in [5.41, 5.74) is 0. The zero-order valence-corrected chi connectivity index (χ0v) is 21.2. The molecule has 154 valence electrons. The number of ether oxygens (including phenoxy) is 2. The molecule has 0 saturated carbocycles. The highest BCUT2D eigenvalue weighted by molar-refractivity contribution is 6.87. The summed E-state index contributed by atoms with van der Waals surface area (Å²) >= 11 is 0. The van der Waals surface area contributed by atoms with Crippen LogP contribution in [0.5, 0.6) is 0 Å². The Morgan fingerprint density at radius 2 is 1.38 bits per heavy atom. The van der Waals surface area contributed by atoms with E-state index in [1.807, 2.05) is 12.2 Å². The first kappa shape index (κ1) is 26.0. The van der Waals surface area contributed by atoms with Crippen molar-refractivity contribution >= 4 is 25.2 Å². The normalized spacial score (nSPS) is 13.5. The van der Waals surface area contributed by atoms with E-state index in [0.29, 0.717) is 19.8 Å². The van der Waals surface area contributed by atoms with Crippen LogP contribution >= 0.6 is 0 Å². The smallest absolute Gasteiger partial charge is 0.311 e. The minimum atomic E-state index is -2.09. The van der Waals surface area contributed by atoms with Crippen LogP contribution in [0.15, 0.2) is 24.8 Å². The average Bonchev–Trinajstić information content (AvgIpc) is 2.49. The van der Waals surface area contributed by atoms with Crippen molar-refractivity contribution in [1.82, 2.24) is 0 Å². The molecule has 0 aromatic rings. The van der Waals surface area contributed by atoms with Gasteiger partial charge in [-0.25, -0.2) is 0 Å². The summed E-state index contributed by atoms with van der Waals surface area (Å²) in [7, 11) is -5.50. The van der Waals surface area contributed by atoms with Gasteiger partial charge >= 0.3 is 8.56 Å². The quantitative estimate of drug-likeness (QED) is 0.183. The van der Waals surface area contributed by atoms with Gasteiger partial charge in [0.1, 0.15) is 0 Å². The Balaban J connectivity index is 4.10. The lowest BCUT2D eigenvalue weighted by Crippen LogP contribution is -2.52. The first-order valence-corrected chi connectivity index (χ1v) is 18.9. The fraction of sp³-hybridized carbons (Fsp3) is 0.789. The SMILES string of the molecule is C=CC=CCOCCOCC[Si](C)(C)O[Si](C)(C)O[Si](C)(C)CCCC. The Morgan fingerprint density at radius 3 is 1.96 bits per heavy atom. The number of rotatable bonds is 16. The second-order valence-corrected chi connectivity index (χ2v) is 20.8. The van der Waals surface area contributed by atoms with Gasteiger partial charge in [-0.1, -0.05) is 44.6 Å². The maximum atomic E-state index is 6.57. The minimum absolute atomic E-state index is 0.605. The maximum absolute atomic E-state index is 6.57. The van der Waals surface area contributed by atoms with Gasteiger partial charge in [0.15, 0.2) is 16.6 Å². The molecular weight excluding hydrogens is 376 g/mol. The molecular formula is C19H42O4Si3. The summed E-state index contributed by atoms with van der Waals surface area (Å²) in [4.78, 5) is 0. The molecule has 0 heterocycles. The lowest BCUT2D eigenvalue weighted by atomic mass is 10.4. The largest absolute Gasteiger partial charge is 0.437 e. The predicted octanol–water partition coefficient (Wildman–Crippen LogP) is 5.71. The van der Waals surface area contributed by atoms with E-state index in [2.05, 4.69) is 52.8 Å². The molecule has 0 radical (unpaired) electrons. The lowest BCUT2D eigenvalue weighted by Gasteiger charge is -2.38. The molecule has 0 N–H and O–H groups in total. The molecule has 0 aliphatic rings. The van der Waals surface area contributed by atoms with Crippen LogP contribution < -0.4 is 0 Å². The minimum Gasteiger partial charge on any atom is -0.437 e. The molecule has 4 nitrogen and oxygen atoms in total.